The minimum absolute atomic E-state index is 0.0197. The van der Waals surface area contributed by atoms with Crippen LogP contribution in [0.3, 0.4) is 0 Å². The lowest BCUT2D eigenvalue weighted by molar-refractivity contribution is 0.0686. The van der Waals surface area contributed by atoms with Crippen molar-refractivity contribution in [2.75, 3.05) is 12.4 Å². The molecule has 0 amide bonds. The van der Waals surface area contributed by atoms with E-state index in [1.54, 1.807) is 0 Å². The van der Waals surface area contributed by atoms with Crippen LogP contribution in [0.4, 0.5) is 0 Å². The molecule has 1 atom stereocenters. The molecule has 1 aromatic heterocycles. The van der Waals surface area contributed by atoms with Gasteiger partial charge in [-0.15, -0.1) is 10.2 Å². The number of para-hydroxylation sites is 2. The number of rotatable bonds is 6. The van der Waals surface area contributed by atoms with Gasteiger partial charge in [-0.2, -0.15) is 0 Å². The van der Waals surface area contributed by atoms with Crippen molar-refractivity contribution in [1.29, 1.82) is 0 Å². The number of hydrogen-bond donors (Lipinski definition) is 0. The molecule has 6 nitrogen and oxygen atoms in total. The molecule has 0 spiro atoms. The molecule has 0 fully saturated rings. The van der Waals surface area contributed by atoms with Crippen LogP contribution in [0.15, 0.2) is 58.2 Å². The molecule has 4 rings (SSSR count). The zero-order valence-corrected chi connectivity index (χ0v) is 16.4. The summed E-state index contributed by atoms with van der Waals surface area (Å²) in [4.78, 5) is 12.4. The van der Waals surface area contributed by atoms with E-state index in [4.69, 9.17) is 13.9 Å². The van der Waals surface area contributed by atoms with Gasteiger partial charge in [-0.3, -0.25) is 4.79 Å². The van der Waals surface area contributed by atoms with Crippen molar-refractivity contribution in [2.24, 2.45) is 0 Å². The molecule has 7 heteroatoms. The summed E-state index contributed by atoms with van der Waals surface area (Å²) in [5.41, 5.74) is 1.89. The van der Waals surface area contributed by atoms with E-state index < -0.39 is 6.10 Å². The highest BCUT2D eigenvalue weighted by Gasteiger charge is 2.27. The fourth-order valence-electron chi connectivity index (χ4n) is 2.81. The predicted molar refractivity (Wildman–Crippen MR) is 105 cm³/mol. The van der Waals surface area contributed by atoms with Crippen LogP contribution in [-0.4, -0.2) is 28.3 Å². The second-order valence-electron chi connectivity index (χ2n) is 6.76. The molecule has 0 radical (unpaired) electrons. The third kappa shape index (κ3) is 4.04. The molecule has 1 aliphatic heterocycles. The molecule has 1 unspecified atom stereocenters. The lowest BCUT2D eigenvalue weighted by Crippen LogP contribution is -2.21. The van der Waals surface area contributed by atoms with Gasteiger partial charge < -0.3 is 13.9 Å². The number of fused-ring (bicyclic) bond motifs is 1. The lowest BCUT2D eigenvalue weighted by Gasteiger charge is -2.23. The molecule has 2 heterocycles. The standard InChI is InChI=1S/C21H20N2O4S/c1-13(2)14-7-9-15(10-8-14)16(24)12-28-21-23-22-20(27-21)19-11-25-17-5-3-4-6-18(17)26-19/h3-10,13,19H,11-12H2,1-2H3. The van der Waals surface area contributed by atoms with Gasteiger partial charge in [-0.1, -0.05) is 62.0 Å². The zero-order chi connectivity index (χ0) is 19.5. The van der Waals surface area contributed by atoms with Crippen molar-refractivity contribution in [1.82, 2.24) is 10.2 Å². The second kappa shape index (κ2) is 8.06. The molecule has 28 heavy (non-hydrogen) atoms. The van der Waals surface area contributed by atoms with Crippen LogP contribution in [0.5, 0.6) is 11.5 Å². The quantitative estimate of drug-likeness (QED) is 0.442. The summed E-state index contributed by atoms with van der Waals surface area (Å²) < 4.78 is 17.2. The Morgan fingerprint density at radius 3 is 2.61 bits per heavy atom. The molecule has 0 saturated carbocycles. The van der Waals surface area contributed by atoms with E-state index in [0.717, 1.165) is 0 Å². The average Bonchev–Trinajstić information content (AvgIpc) is 3.21. The minimum atomic E-state index is -0.462. The van der Waals surface area contributed by atoms with E-state index >= 15 is 0 Å². The van der Waals surface area contributed by atoms with E-state index in [0.29, 0.717) is 40.7 Å². The van der Waals surface area contributed by atoms with E-state index in [1.165, 1.54) is 17.3 Å². The highest BCUT2D eigenvalue weighted by Crippen LogP contribution is 2.36. The average molecular weight is 396 g/mol. The van der Waals surface area contributed by atoms with Crippen LogP contribution in [0.1, 0.15) is 47.7 Å². The van der Waals surface area contributed by atoms with Gasteiger partial charge in [0.1, 0.15) is 6.61 Å². The number of hydrogen-bond acceptors (Lipinski definition) is 7. The summed E-state index contributed by atoms with van der Waals surface area (Å²) in [5.74, 6) is 2.37. The monoisotopic (exact) mass is 396 g/mol. The number of Topliss-reactive ketones (excluding diaryl/α,β-unsaturated/α-hetero) is 1. The van der Waals surface area contributed by atoms with Gasteiger partial charge in [0.15, 0.2) is 17.3 Å². The number of benzene rings is 2. The van der Waals surface area contributed by atoms with Crippen LogP contribution < -0.4 is 9.47 Å². The number of nitrogens with zero attached hydrogens (tertiary/aromatic N) is 2. The maximum absolute atomic E-state index is 12.4. The van der Waals surface area contributed by atoms with Gasteiger partial charge >= 0.3 is 0 Å². The number of carbonyl (C=O) groups is 1. The SMILES string of the molecule is CC(C)c1ccc(C(=O)CSc2nnc(C3COc4ccccc4O3)o2)cc1. The van der Waals surface area contributed by atoms with Crippen LogP contribution >= 0.6 is 11.8 Å². The summed E-state index contributed by atoms with van der Waals surface area (Å²) in [6.45, 7) is 4.55. The van der Waals surface area contributed by atoms with Crippen molar-refractivity contribution >= 4 is 17.5 Å². The van der Waals surface area contributed by atoms with Crippen LogP contribution in [-0.2, 0) is 0 Å². The van der Waals surface area contributed by atoms with Gasteiger partial charge in [0.05, 0.1) is 5.75 Å². The molecule has 0 bridgehead atoms. The first-order valence-corrected chi connectivity index (χ1v) is 10.1. The van der Waals surface area contributed by atoms with Gasteiger partial charge in [-0.25, -0.2) is 0 Å². The third-order valence-corrected chi connectivity index (χ3v) is 5.25. The topological polar surface area (TPSA) is 74.5 Å². The Kier molecular flexibility index (Phi) is 5.34. The van der Waals surface area contributed by atoms with Crippen LogP contribution in [0.2, 0.25) is 0 Å². The first kappa shape index (κ1) is 18.6. The Morgan fingerprint density at radius 2 is 1.86 bits per heavy atom. The maximum Gasteiger partial charge on any atom is 0.277 e. The fraction of sp³-hybridized carbons (Fsp3) is 0.286. The van der Waals surface area contributed by atoms with Crippen molar-refractivity contribution in [3.8, 4) is 11.5 Å². The lowest BCUT2D eigenvalue weighted by atomic mass is 10.0. The Bertz CT molecular complexity index is 969. The van der Waals surface area contributed by atoms with E-state index in [-0.39, 0.29) is 11.5 Å². The van der Waals surface area contributed by atoms with Gasteiger partial charge in [-0.05, 0) is 23.6 Å². The number of aromatic nitrogens is 2. The third-order valence-electron chi connectivity index (χ3n) is 4.43. The smallest absolute Gasteiger partial charge is 0.277 e. The summed E-state index contributed by atoms with van der Waals surface area (Å²) in [6, 6.07) is 15.1. The first-order valence-electron chi connectivity index (χ1n) is 9.08. The van der Waals surface area contributed by atoms with Gasteiger partial charge in [0.2, 0.25) is 6.10 Å². The van der Waals surface area contributed by atoms with Crippen LogP contribution in [0.25, 0.3) is 0 Å². The van der Waals surface area contributed by atoms with E-state index in [1.807, 2.05) is 48.5 Å². The van der Waals surface area contributed by atoms with Crippen molar-refractivity contribution in [3.05, 3.63) is 65.5 Å². The first-order chi connectivity index (χ1) is 13.6. The van der Waals surface area contributed by atoms with Crippen molar-refractivity contribution in [2.45, 2.75) is 31.1 Å². The fourth-order valence-corrected chi connectivity index (χ4v) is 3.48. The molecule has 0 saturated heterocycles. The number of ketones is 1. The minimum Gasteiger partial charge on any atom is -0.485 e. The largest absolute Gasteiger partial charge is 0.485 e. The van der Waals surface area contributed by atoms with E-state index in [9.17, 15) is 4.79 Å². The molecule has 0 aliphatic carbocycles. The Hall–Kier alpha value is -2.80. The van der Waals surface area contributed by atoms with Crippen LogP contribution in [0, 0.1) is 0 Å². The molecule has 144 valence electrons. The number of ether oxygens (including phenoxy) is 2. The Balaban J connectivity index is 1.35. The predicted octanol–water partition coefficient (Wildman–Crippen LogP) is 4.68. The maximum atomic E-state index is 12.4. The molecular formula is C21H20N2O4S. The molecule has 3 aromatic rings. The van der Waals surface area contributed by atoms with E-state index in [2.05, 4.69) is 24.0 Å². The normalized spacial score (nSPS) is 15.6. The second-order valence-corrected chi connectivity index (χ2v) is 7.69. The Morgan fingerprint density at radius 1 is 1.11 bits per heavy atom. The molecule has 1 aliphatic rings. The molecule has 2 aromatic carbocycles. The van der Waals surface area contributed by atoms with Gasteiger partial charge in [0, 0.05) is 5.56 Å². The molecule has 0 N–H and O–H groups in total. The number of thioether (sulfide) groups is 1. The van der Waals surface area contributed by atoms with Crippen molar-refractivity contribution in [3.63, 3.8) is 0 Å². The summed E-state index contributed by atoms with van der Waals surface area (Å²) in [7, 11) is 0. The Labute approximate surface area is 167 Å². The summed E-state index contributed by atoms with van der Waals surface area (Å²) in [6.07, 6.45) is -0.462. The summed E-state index contributed by atoms with van der Waals surface area (Å²) >= 11 is 1.22. The highest BCUT2D eigenvalue weighted by atomic mass is 32.2. The molecular weight excluding hydrogens is 376 g/mol. The summed E-state index contributed by atoms with van der Waals surface area (Å²) in [5, 5.41) is 8.39. The van der Waals surface area contributed by atoms with Crippen molar-refractivity contribution < 1.29 is 18.7 Å². The number of carbonyl (C=O) groups excluding carboxylic acids is 1. The zero-order valence-electron chi connectivity index (χ0n) is 15.6. The highest BCUT2D eigenvalue weighted by molar-refractivity contribution is 7.99. The van der Waals surface area contributed by atoms with Gasteiger partial charge in [0.25, 0.3) is 11.1 Å².